The molecule has 0 radical (unpaired) electrons. The highest BCUT2D eigenvalue weighted by Crippen LogP contribution is 2.31. The van der Waals surface area contributed by atoms with Crippen LogP contribution in [-0.2, 0) is 4.79 Å². The van der Waals surface area contributed by atoms with Crippen LogP contribution < -0.4 is 0 Å². The number of carbonyl (C=O) groups is 1. The number of nitrogens with zero attached hydrogens (tertiary/aromatic N) is 4. The Hall–Kier alpha value is -2.71. The van der Waals surface area contributed by atoms with Crippen molar-refractivity contribution in [1.82, 2.24) is 20.0 Å². The van der Waals surface area contributed by atoms with Gasteiger partial charge in [0.25, 0.3) is 0 Å². The van der Waals surface area contributed by atoms with Crippen LogP contribution in [0, 0.1) is 0 Å². The van der Waals surface area contributed by atoms with Gasteiger partial charge in [0, 0.05) is 18.7 Å². The maximum atomic E-state index is 12.4. The number of hydrogen-bond donors (Lipinski definition) is 0. The third kappa shape index (κ3) is 3.41. The van der Waals surface area contributed by atoms with Crippen molar-refractivity contribution in [2.24, 2.45) is 0 Å². The van der Waals surface area contributed by atoms with Crippen LogP contribution in [0.15, 0.2) is 63.5 Å². The number of thiazole rings is 1. The molecule has 6 nitrogen and oxygen atoms in total. The molecule has 1 fully saturated rings. The molecule has 5 rings (SSSR count). The summed E-state index contributed by atoms with van der Waals surface area (Å²) in [6.07, 6.45) is 0. The van der Waals surface area contributed by atoms with Gasteiger partial charge in [-0.1, -0.05) is 59.4 Å². The molecule has 0 bridgehead atoms. The Morgan fingerprint density at radius 2 is 1.89 bits per heavy atom. The van der Waals surface area contributed by atoms with Crippen LogP contribution in [0.1, 0.15) is 11.8 Å². The number of hydrogen-bond acceptors (Lipinski definition) is 7. The molecule has 140 valence electrons. The molecule has 0 spiro atoms. The molecule has 0 unspecified atom stereocenters. The molecule has 1 saturated heterocycles. The third-order valence-electron chi connectivity index (χ3n) is 4.65. The molecule has 0 saturated carbocycles. The average molecular weight is 409 g/mol. The zero-order valence-electron chi connectivity index (χ0n) is 14.8. The lowest BCUT2D eigenvalue weighted by molar-refractivity contribution is -0.133. The maximum absolute atomic E-state index is 12.4. The van der Waals surface area contributed by atoms with E-state index < -0.39 is 0 Å². The summed E-state index contributed by atoms with van der Waals surface area (Å²) in [5, 5.41) is 4.06. The zero-order chi connectivity index (χ0) is 18.9. The Labute approximate surface area is 169 Å². The van der Waals surface area contributed by atoms with Gasteiger partial charge in [-0.2, -0.15) is 4.98 Å². The Morgan fingerprint density at radius 1 is 1.11 bits per heavy atom. The minimum absolute atomic E-state index is 0.112. The highest BCUT2D eigenvalue weighted by molar-refractivity contribution is 8.01. The lowest BCUT2D eigenvalue weighted by atomic mass is 10.0. The van der Waals surface area contributed by atoms with Gasteiger partial charge >= 0.3 is 0 Å². The summed E-state index contributed by atoms with van der Waals surface area (Å²) >= 11 is 3.12. The molecule has 1 amide bonds. The minimum atomic E-state index is 0.112. The SMILES string of the molecule is O=C(CSc1nc2ccccc2s1)N1CC(c2nc(-c3ccccc3)no2)C1. The second-order valence-corrected chi connectivity index (χ2v) is 8.81. The number of likely N-dealkylation sites (tertiary alicyclic amines) is 1. The van der Waals surface area contributed by atoms with Gasteiger partial charge in [0.2, 0.25) is 17.6 Å². The summed E-state index contributed by atoms with van der Waals surface area (Å²) in [6.45, 7) is 1.24. The zero-order valence-corrected chi connectivity index (χ0v) is 16.4. The van der Waals surface area contributed by atoms with Crippen molar-refractivity contribution in [2.45, 2.75) is 10.3 Å². The normalized spacial score (nSPS) is 14.4. The predicted molar refractivity (Wildman–Crippen MR) is 109 cm³/mol. The van der Waals surface area contributed by atoms with Crippen molar-refractivity contribution >= 4 is 39.2 Å². The standard InChI is InChI=1S/C20H16N4O2S2/c25-17(12-27-20-21-15-8-4-5-9-16(15)28-20)24-10-14(11-24)19-22-18(23-26-19)13-6-2-1-3-7-13/h1-9,14H,10-12H2. The summed E-state index contributed by atoms with van der Waals surface area (Å²) < 4.78 is 7.47. The van der Waals surface area contributed by atoms with Crippen LogP contribution in [0.2, 0.25) is 0 Å². The number of para-hydroxylation sites is 1. The van der Waals surface area contributed by atoms with Crippen molar-refractivity contribution in [2.75, 3.05) is 18.8 Å². The van der Waals surface area contributed by atoms with Crippen LogP contribution in [0.5, 0.6) is 0 Å². The molecule has 1 aliphatic heterocycles. The second kappa shape index (κ2) is 7.37. The fraction of sp³-hybridized carbons (Fsp3) is 0.200. The smallest absolute Gasteiger partial charge is 0.233 e. The first-order valence-electron chi connectivity index (χ1n) is 8.91. The van der Waals surface area contributed by atoms with Gasteiger partial charge in [-0.3, -0.25) is 4.79 Å². The minimum Gasteiger partial charge on any atom is -0.340 e. The fourth-order valence-corrected chi connectivity index (χ4v) is 5.04. The van der Waals surface area contributed by atoms with E-state index in [2.05, 4.69) is 15.1 Å². The average Bonchev–Trinajstić information content (AvgIpc) is 3.33. The number of amides is 1. The molecule has 8 heteroatoms. The Morgan fingerprint density at radius 3 is 2.71 bits per heavy atom. The first kappa shape index (κ1) is 17.4. The molecule has 4 aromatic rings. The molecule has 2 aromatic heterocycles. The quantitative estimate of drug-likeness (QED) is 0.464. The number of thioether (sulfide) groups is 1. The molecule has 0 N–H and O–H groups in total. The summed E-state index contributed by atoms with van der Waals surface area (Å²) in [5.41, 5.74) is 1.91. The summed E-state index contributed by atoms with van der Waals surface area (Å²) in [5.74, 6) is 1.81. The van der Waals surface area contributed by atoms with E-state index in [9.17, 15) is 4.79 Å². The highest BCUT2D eigenvalue weighted by atomic mass is 32.2. The molecule has 1 aliphatic rings. The van der Waals surface area contributed by atoms with Crippen molar-refractivity contribution in [3.63, 3.8) is 0 Å². The third-order valence-corrected chi connectivity index (χ3v) is 6.81. The van der Waals surface area contributed by atoms with Crippen LogP contribution >= 0.6 is 23.1 Å². The number of rotatable bonds is 5. The number of benzene rings is 2. The van der Waals surface area contributed by atoms with Crippen LogP contribution in [-0.4, -0.2) is 44.8 Å². The van der Waals surface area contributed by atoms with E-state index >= 15 is 0 Å². The largest absolute Gasteiger partial charge is 0.340 e. The van der Waals surface area contributed by atoms with Gasteiger partial charge in [0.15, 0.2) is 4.34 Å². The molecular formula is C20H16N4O2S2. The van der Waals surface area contributed by atoms with Gasteiger partial charge in [0.1, 0.15) is 0 Å². The first-order chi connectivity index (χ1) is 13.8. The van der Waals surface area contributed by atoms with Gasteiger partial charge in [0.05, 0.1) is 21.9 Å². The summed E-state index contributed by atoms with van der Waals surface area (Å²) in [6, 6.07) is 17.8. The monoisotopic (exact) mass is 408 g/mol. The molecule has 28 heavy (non-hydrogen) atoms. The highest BCUT2D eigenvalue weighted by Gasteiger charge is 2.35. The molecular weight excluding hydrogens is 392 g/mol. The maximum Gasteiger partial charge on any atom is 0.233 e. The van der Waals surface area contributed by atoms with Crippen LogP contribution in [0.3, 0.4) is 0 Å². The Bertz CT molecular complexity index is 1090. The van der Waals surface area contributed by atoms with E-state index in [0.717, 1.165) is 20.1 Å². The number of aromatic nitrogens is 3. The van der Waals surface area contributed by atoms with Crippen LogP contribution in [0.4, 0.5) is 0 Å². The van der Waals surface area contributed by atoms with Crippen molar-refractivity contribution < 1.29 is 9.32 Å². The van der Waals surface area contributed by atoms with Crippen molar-refractivity contribution in [3.05, 3.63) is 60.5 Å². The Balaban J connectivity index is 1.15. The van der Waals surface area contributed by atoms with E-state index in [1.807, 2.05) is 59.5 Å². The van der Waals surface area contributed by atoms with E-state index in [1.165, 1.54) is 11.8 Å². The topological polar surface area (TPSA) is 72.1 Å². The molecule has 0 aliphatic carbocycles. The Kier molecular flexibility index (Phi) is 4.58. The fourth-order valence-electron chi connectivity index (χ4n) is 3.07. The summed E-state index contributed by atoms with van der Waals surface area (Å²) in [7, 11) is 0. The van der Waals surface area contributed by atoms with E-state index in [4.69, 9.17) is 4.52 Å². The summed E-state index contributed by atoms with van der Waals surface area (Å²) in [4.78, 5) is 23.3. The van der Waals surface area contributed by atoms with Gasteiger partial charge < -0.3 is 9.42 Å². The van der Waals surface area contributed by atoms with Crippen molar-refractivity contribution in [3.8, 4) is 11.4 Å². The molecule has 2 aromatic carbocycles. The molecule has 3 heterocycles. The lowest BCUT2D eigenvalue weighted by Crippen LogP contribution is -2.49. The van der Waals surface area contributed by atoms with Gasteiger partial charge in [-0.15, -0.1) is 11.3 Å². The van der Waals surface area contributed by atoms with E-state index in [-0.39, 0.29) is 11.8 Å². The van der Waals surface area contributed by atoms with E-state index in [0.29, 0.717) is 30.6 Å². The number of fused-ring (bicyclic) bond motifs is 1. The van der Waals surface area contributed by atoms with Crippen molar-refractivity contribution in [1.29, 1.82) is 0 Å². The predicted octanol–water partition coefficient (Wildman–Crippen LogP) is 4.06. The van der Waals surface area contributed by atoms with Gasteiger partial charge in [-0.25, -0.2) is 4.98 Å². The van der Waals surface area contributed by atoms with Gasteiger partial charge in [-0.05, 0) is 12.1 Å². The lowest BCUT2D eigenvalue weighted by Gasteiger charge is -2.36. The second-order valence-electron chi connectivity index (χ2n) is 6.55. The molecule has 0 atom stereocenters. The van der Waals surface area contributed by atoms with Crippen LogP contribution in [0.25, 0.3) is 21.6 Å². The first-order valence-corrected chi connectivity index (χ1v) is 10.7. The van der Waals surface area contributed by atoms with E-state index in [1.54, 1.807) is 11.3 Å². The number of carbonyl (C=O) groups excluding carboxylic acids is 1.